The van der Waals surface area contributed by atoms with Gasteiger partial charge in [-0.1, -0.05) is 23.7 Å². The number of methoxy groups -OCH3 is 2. The lowest BCUT2D eigenvalue weighted by molar-refractivity contribution is -0.121. The van der Waals surface area contributed by atoms with Crippen LogP contribution in [0.5, 0.6) is 11.5 Å². The van der Waals surface area contributed by atoms with E-state index < -0.39 is 10.0 Å². The summed E-state index contributed by atoms with van der Waals surface area (Å²) in [6, 6.07) is 10.5. The summed E-state index contributed by atoms with van der Waals surface area (Å²) in [7, 11) is -0.397. The van der Waals surface area contributed by atoms with Crippen molar-refractivity contribution in [3.8, 4) is 11.5 Å². The molecule has 1 amide bonds. The lowest BCUT2D eigenvalue weighted by Gasteiger charge is -2.24. The number of rotatable bonds is 10. The van der Waals surface area contributed by atoms with Crippen LogP contribution in [-0.4, -0.2) is 41.3 Å². The first-order valence-corrected chi connectivity index (χ1v) is 11.6. The largest absolute Gasteiger partial charge is 0.493 e. The molecule has 0 heterocycles. The van der Waals surface area contributed by atoms with Crippen molar-refractivity contribution in [2.45, 2.75) is 26.3 Å². The molecule has 0 aliphatic heterocycles. The van der Waals surface area contributed by atoms with Gasteiger partial charge < -0.3 is 14.8 Å². The number of anilines is 1. The number of amides is 1. The fourth-order valence-electron chi connectivity index (χ4n) is 2.99. The van der Waals surface area contributed by atoms with E-state index in [9.17, 15) is 13.2 Å². The Morgan fingerprint density at radius 3 is 2.47 bits per heavy atom. The number of benzene rings is 2. The lowest BCUT2D eigenvalue weighted by Crippen LogP contribution is -2.32. The zero-order valence-electron chi connectivity index (χ0n) is 17.6. The van der Waals surface area contributed by atoms with Gasteiger partial charge in [-0.15, -0.1) is 0 Å². The van der Waals surface area contributed by atoms with E-state index in [-0.39, 0.29) is 18.9 Å². The molecule has 0 aromatic heterocycles. The number of carbonyl (C=O) groups excluding carboxylic acids is 1. The number of ether oxygens (including phenoxy) is 2. The van der Waals surface area contributed by atoms with E-state index in [2.05, 4.69) is 5.32 Å². The molecule has 1 N–H and O–H groups in total. The Labute approximate surface area is 183 Å². The molecule has 0 atom stereocenters. The standard InChI is InChI=1S/C21H27ClN2O5S/c1-15-17(22)7-5-8-18(15)24(30(4,26)27)12-6-9-21(25)23-14-16-10-11-19(28-2)20(13-16)29-3/h5,7-8,10-11,13H,6,9,12,14H2,1-4H3,(H,23,25). The molecular formula is C21H27ClN2O5S. The lowest BCUT2D eigenvalue weighted by atomic mass is 10.2. The van der Waals surface area contributed by atoms with Crippen LogP contribution in [0.3, 0.4) is 0 Å². The van der Waals surface area contributed by atoms with Crippen molar-refractivity contribution in [2.75, 3.05) is 31.3 Å². The summed E-state index contributed by atoms with van der Waals surface area (Å²) < 4.78 is 36.3. The molecule has 0 radical (unpaired) electrons. The van der Waals surface area contributed by atoms with Gasteiger partial charge in [0, 0.05) is 24.5 Å². The van der Waals surface area contributed by atoms with Crippen LogP contribution in [-0.2, 0) is 21.4 Å². The summed E-state index contributed by atoms with van der Waals surface area (Å²) in [5.74, 6) is 1.04. The maximum Gasteiger partial charge on any atom is 0.232 e. The molecule has 0 saturated heterocycles. The topological polar surface area (TPSA) is 84.9 Å². The smallest absolute Gasteiger partial charge is 0.232 e. The molecule has 7 nitrogen and oxygen atoms in total. The second-order valence-electron chi connectivity index (χ2n) is 6.79. The fourth-order valence-corrected chi connectivity index (χ4v) is 4.18. The van der Waals surface area contributed by atoms with Crippen molar-refractivity contribution in [1.82, 2.24) is 5.32 Å². The van der Waals surface area contributed by atoms with Gasteiger partial charge in [-0.25, -0.2) is 8.42 Å². The molecule has 2 rings (SSSR count). The summed E-state index contributed by atoms with van der Waals surface area (Å²) in [5.41, 5.74) is 2.08. The third-order valence-electron chi connectivity index (χ3n) is 4.61. The van der Waals surface area contributed by atoms with E-state index in [1.807, 2.05) is 6.07 Å². The molecule has 0 fully saturated rings. The SMILES string of the molecule is COc1ccc(CNC(=O)CCCN(c2cccc(Cl)c2C)S(C)(=O)=O)cc1OC. The van der Waals surface area contributed by atoms with Crippen LogP contribution in [0.15, 0.2) is 36.4 Å². The normalized spacial score (nSPS) is 11.1. The van der Waals surface area contributed by atoms with Crippen molar-refractivity contribution in [3.63, 3.8) is 0 Å². The molecule has 0 unspecified atom stereocenters. The minimum Gasteiger partial charge on any atom is -0.493 e. The number of hydrogen-bond acceptors (Lipinski definition) is 5. The van der Waals surface area contributed by atoms with E-state index in [4.69, 9.17) is 21.1 Å². The highest BCUT2D eigenvalue weighted by atomic mass is 35.5. The number of hydrogen-bond donors (Lipinski definition) is 1. The van der Waals surface area contributed by atoms with Crippen LogP contribution in [0, 0.1) is 6.92 Å². The van der Waals surface area contributed by atoms with Crippen LogP contribution >= 0.6 is 11.6 Å². The molecule has 2 aromatic carbocycles. The van der Waals surface area contributed by atoms with Gasteiger partial charge in [0.1, 0.15) is 0 Å². The van der Waals surface area contributed by atoms with Gasteiger partial charge in [-0.05, 0) is 48.7 Å². The Morgan fingerprint density at radius 1 is 1.13 bits per heavy atom. The number of carbonyl (C=O) groups is 1. The Morgan fingerprint density at radius 2 is 1.83 bits per heavy atom. The first kappa shape index (κ1) is 23.8. The first-order valence-electron chi connectivity index (χ1n) is 9.37. The third kappa shape index (κ3) is 6.27. The molecular weight excluding hydrogens is 428 g/mol. The van der Waals surface area contributed by atoms with Crippen molar-refractivity contribution in [3.05, 3.63) is 52.5 Å². The second kappa shape index (κ2) is 10.5. The summed E-state index contributed by atoms with van der Waals surface area (Å²) in [6.45, 7) is 2.29. The summed E-state index contributed by atoms with van der Waals surface area (Å²) >= 11 is 6.13. The Balaban J connectivity index is 1.94. The number of nitrogens with one attached hydrogen (secondary N) is 1. The van der Waals surface area contributed by atoms with Crippen molar-refractivity contribution in [2.24, 2.45) is 0 Å². The summed E-state index contributed by atoms with van der Waals surface area (Å²) in [6.07, 6.45) is 1.71. The highest BCUT2D eigenvalue weighted by Crippen LogP contribution is 2.29. The van der Waals surface area contributed by atoms with Crippen molar-refractivity contribution in [1.29, 1.82) is 0 Å². The molecule has 0 saturated carbocycles. The first-order chi connectivity index (χ1) is 14.2. The van der Waals surface area contributed by atoms with Gasteiger partial charge in [-0.2, -0.15) is 0 Å². The van der Waals surface area contributed by atoms with E-state index in [1.165, 1.54) is 4.31 Å². The van der Waals surface area contributed by atoms with Gasteiger partial charge in [-0.3, -0.25) is 9.10 Å². The van der Waals surface area contributed by atoms with E-state index >= 15 is 0 Å². The van der Waals surface area contributed by atoms with E-state index in [0.29, 0.717) is 40.7 Å². The predicted molar refractivity (Wildman–Crippen MR) is 119 cm³/mol. The molecule has 30 heavy (non-hydrogen) atoms. The van der Waals surface area contributed by atoms with Gasteiger partial charge in [0.2, 0.25) is 15.9 Å². The van der Waals surface area contributed by atoms with Gasteiger partial charge in [0.25, 0.3) is 0 Å². The highest BCUT2D eigenvalue weighted by Gasteiger charge is 2.20. The molecule has 164 valence electrons. The predicted octanol–water partition coefficient (Wildman–Crippen LogP) is 3.53. The van der Waals surface area contributed by atoms with Crippen LogP contribution in [0.4, 0.5) is 5.69 Å². The van der Waals surface area contributed by atoms with Crippen molar-refractivity contribution < 1.29 is 22.7 Å². The minimum atomic E-state index is -3.51. The summed E-state index contributed by atoms with van der Waals surface area (Å²) in [4.78, 5) is 12.2. The Kier molecular flexibility index (Phi) is 8.37. The maximum absolute atomic E-state index is 12.3. The van der Waals surface area contributed by atoms with Gasteiger partial charge in [0.05, 0.1) is 26.2 Å². The van der Waals surface area contributed by atoms with Crippen LogP contribution in [0.1, 0.15) is 24.0 Å². The van der Waals surface area contributed by atoms with Gasteiger partial charge in [0.15, 0.2) is 11.5 Å². The van der Waals surface area contributed by atoms with Crippen LogP contribution in [0.25, 0.3) is 0 Å². The summed E-state index contributed by atoms with van der Waals surface area (Å²) in [5, 5.41) is 3.33. The molecule has 0 bridgehead atoms. The quantitative estimate of drug-likeness (QED) is 0.593. The highest BCUT2D eigenvalue weighted by molar-refractivity contribution is 7.92. The monoisotopic (exact) mass is 454 g/mol. The van der Waals surface area contributed by atoms with Crippen molar-refractivity contribution >= 4 is 33.2 Å². The molecule has 2 aromatic rings. The fraction of sp³-hybridized carbons (Fsp3) is 0.381. The zero-order valence-corrected chi connectivity index (χ0v) is 19.1. The number of sulfonamides is 1. The molecule has 9 heteroatoms. The molecule has 0 aliphatic carbocycles. The number of nitrogens with zero attached hydrogens (tertiary/aromatic N) is 1. The Bertz CT molecular complexity index is 995. The molecule has 0 aliphatic rings. The number of halogens is 1. The average molecular weight is 455 g/mol. The minimum absolute atomic E-state index is 0.166. The van der Waals surface area contributed by atoms with Crippen LogP contribution in [0.2, 0.25) is 5.02 Å². The third-order valence-corrected chi connectivity index (χ3v) is 6.20. The average Bonchev–Trinajstić information content (AvgIpc) is 2.71. The van der Waals surface area contributed by atoms with E-state index in [1.54, 1.807) is 51.5 Å². The maximum atomic E-state index is 12.3. The molecule has 0 spiro atoms. The zero-order chi connectivity index (χ0) is 22.3. The van der Waals surface area contributed by atoms with E-state index in [0.717, 1.165) is 11.8 Å². The van der Waals surface area contributed by atoms with Crippen LogP contribution < -0.4 is 19.1 Å². The Hall–Kier alpha value is -2.45. The van der Waals surface area contributed by atoms with Gasteiger partial charge >= 0.3 is 0 Å². The second-order valence-corrected chi connectivity index (χ2v) is 9.10.